The van der Waals surface area contributed by atoms with Crippen molar-refractivity contribution in [2.75, 3.05) is 7.11 Å². The monoisotopic (exact) mass is 289 g/mol. The standard InChI is InChI=1S/C15H19N3O3/c1-9(2)14(10(3)19)15-17-12(18-21-15)7-11-5-6-13(20-4)16-8-11/h5-6,8-9,14H,7H2,1-4H3. The van der Waals surface area contributed by atoms with E-state index in [1.807, 2.05) is 19.9 Å². The lowest BCUT2D eigenvalue weighted by Gasteiger charge is -2.12. The van der Waals surface area contributed by atoms with E-state index in [4.69, 9.17) is 9.26 Å². The van der Waals surface area contributed by atoms with Crippen molar-refractivity contribution < 1.29 is 14.1 Å². The molecule has 1 atom stereocenters. The molecule has 2 heterocycles. The van der Waals surface area contributed by atoms with Crippen LogP contribution >= 0.6 is 0 Å². The van der Waals surface area contributed by atoms with Crippen LogP contribution in [0, 0.1) is 5.92 Å². The molecule has 112 valence electrons. The highest BCUT2D eigenvalue weighted by atomic mass is 16.5. The summed E-state index contributed by atoms with van der Waals surface area (Å²) >= 11 is 0. The van der Waals surface area contributed by atoms with Crippen LogP contribution in [-0.2, 0) is 11.2 Å². The van der Waals surface area contributed by atoms with Crippen LogP contribution in [0.1, 0.15) is 44.0 Å². The number of hydrogen-bond acceptors (Lipinski definition) is 6. The number of aromatic nitrogens is 3. The highest BCUT2D eigenvalue weighted by Crippen LogP contribution is 2.24. The molecule has 1 unspecified atom stereocenters. The maximum absolute atomic E-state index is 11.7. The minimum atomic E-state index is -0.347. The molecule has 0 aromatic carbocycles. The van der Waals surface area contributed by atoms with Crippen LogP contribution in [0.5, 0.6) is 5.88 Å². The van der Waals surface area contributed by atoms with Gasteiger partial charge in [0, 0.05) is 18.7 Å². The molecule has 0 saturated carbocycles. The number of methoxy groups -OCH3 is 1. The SMILES string of the molecule is COc1ccc(Cc2noc(C(C(C)=O)C(C)C)n2)cn1. The van der Waals surface area contributed by atoms with Gasteiger partial charge < -0.3 is 9.26 Å². The molecule has 2 aromatic heterocycles. The molecule has 0 N–H and O–H groups in total. The lowest BCUT2D eigenvalue weighted by Crippen LogP contribution is -2.15. The first-order chi connectivity index (χ1) is 10.0. The molecule has 0 fully saturated rings. The third-order valence-corrected chi connectivity index (χ3v) is 3.22. The van der Waals surface area contributed by atoms with E-state index in [0.717, 1.165) is 5.56 Å². The fourth-order valence-corrected chi connectivity index (χ4v) is 2.21. The summed E-state index contributed by atoms with van der Waals surface area (Å²) in [6.07, 6.45) is 2.21. The summed E-state index contributed by atoms with van der Waals surface area (Å²) in [6, 6.07) is 3.68. The van der Waals surface area contributed by atoms with Gasteiger partial charge in [-0.05, 0) is 18.4 Å². The second-order valence-electron chi connectivity index (χ2n) is 5.27. The number of carbonyl (C=O) groups is 1. The number of hydrogen-bond donors (Lipinski definition) is 0. The number of rotatable bonds is 6. The van der Waals surface area contributed by atoms with Gasteiger partial charge in [-0.25, -0.2) is 4.98 Å². The lowest BCUT2D eigenvalue weighted by atomic mass is 9.92. The lowest BCUT2D eigenvalue weighted by molar-refractivity contribution is -0.119. The highest BCUT2D eigenvalue weighted by Gasteiger charge is 2.26. The van der Waals surface area contributed by atoms with Crippen LogP contribution in [-0.4, -0.2) is 28.0 Å². The average molecular weight is 289 g/mol. The zero-order chi connectivity index (χ0) is 15.4. The number of ketones is 1. The van der Waals surface area contributed by atoms with Gasteiger partial charge >= 0.3 is 0 Å². The number of Topliss-reactive ketones (excluding diaryl/α,β-unsaturated/α-hetero) is 1. The predicted octanol–water partition coefficient (Wildman–Crippen LogP) is 2.39. The van der Waals surface area contributed by atoms with E-state index in [9.17, 15) is 4.79 Å². The Balaban J connectivity index is 2.13. The Morgan fingerprint density at radius 2 is 2.14 bits per heavy atom. The summed E-state index contributed by atoms with van der Waals surface area (Å²) in [5, 5.41) is 3.94. The molecule has 0 saturated heterocycles. The molecule has 0 aliphatic carbocycles. The molecular weight excluding hydrogens is 270 g/mol. The quantitative estimate of drug-likeness (QED) is 0.812. The highest BCUT2D eigenvalue weighted by molar-refractivity contribution is 5.82. The van der Waals surface area contributed by atoms with E-state index in [0.29, 0.717) is 24.0 Å². The van der Waals surface area contributed by atoms with E-state index >= 15 is 0 Å². The van der Waals surface area contributed by atoms with Gasteiger partial charge in [0.2, 0.25) is 11.8 Å². The first-order valence-corrected chi connectivity index (χ1v) is 6.83. The first-order valence-electron chi connectivity index (χ1n) is 6.83. The van der Waals surface area contributed by atoms with Gasteiger partial charge in [0.15, 0.2) is 5.82 Å². The Hall–Kier alpha value is -2.24. The molecule has 0 aliphatic rings. The third-order valence-electron chi connectivity index (χ3n) is 3.22. The zero-order valence-corrected chi connectivity index (χ0v) is 12.7. The molecule has 0 spiro atoms. The van der Waals surface area contributed by atoms with Gasteiger partial charge in [-0.2, -0.15) is 4.98 Å². The van der Waals surface area contributed by atoms with Crippen molar-refractivity contribution in [3.63, 3.8) is 0 Å². The van der Waals surface area contributed by atoms with E-state index in [-0.39, 0.29) is 17.6 Å². The molecule has 0 amide bonds. The van der Waals surface area contributed by atoms with Crippen molar-refractivity contribution in [3.05, 3.63) is 35.6 Å². The van der Waals surface area contributed by atoms with Crippen molar-refractivity contribution in [1.82, 2.24) is 15.1 Å². The minimum Gasteiger partial charge on any atom is -0.481 e. The molecule has 0 bridgehead atoms. The molecule has 6 heteroatoms. The van der Waals surface area contributed by atoms with E-state index in [1.165, 1.54) is 0 Å². The number of nitrogens with zero attached hydrogens (tertiary/aromatic N) is 3. The first kappa shape index (κ1) is 15.2. The normalized spacial score (nSPS) is 12.4. The summed E-state index contributed by atoms with van der Waals surface area (Å²) in [5.74, 6) is 1.30. The van der Waals surface area contributed by atoms with Crippen LogP contribution in [0.25, 0.3) is 0 Å². The van der Waals surface area contributed by atoms with Crippen molar-refractivity contribution in [2.24, 2.45) is 5.92 Å². The van der Waals surface area contributed by atoms with Crippen LogP contribution in [0.3, 0.4) is 0 Å². The fourth-order valence-electron chi connectivity index (χ4n) is 2.21. The van der Waals surface area contributed by atoms with Crippen LogP contribution in [0.4, 0.5) is 0 Å². The summed E-state index contributed by atoms with van der Waals surface area (Å²) in [7, 11) is 1.57. The largest absolute Gasteiger partial charge is 0.481 e. The van der Waals surface area contributed by atoms with Gasteiger partial charge in [-0.15, -0.1) is 0 Å². The smallest absolute Gasteiger partial charge is 0.237 e. The summed E-state index contributed by atoms with van der Waals surface area (Å²) in [4.78, 5) is 20.1. The Morgan fingerprint density at radius 1 is 1.38 bits per heavy atom. The maximum atomic E-state index is 11.7. The van der Waals surface area contributed by atoms with Gasteiger partial charge in [0.25, 0.3) is 0 Å². The third kappa shape index (κ3) is 3.65. The minimum absolute atomic E-state index is 0.0336. The second kappa shape index (κ2) is 6.47. The Kier molecular flexibility index (Phi) is 4.67. The van der Waals surface area contributed by atoms with E-state index < -0.39 is 0 Å². The van der Waals surface area contributed by atoms with Crippen molar-refractivity contribution in [1.29, 1.82) is 0 Å². The van der Waals surface area contributed by atoms with Gasteiger partial charge in [-0.3, -0.25) is 4.79 Å². The van der Waals surface area contributed by atoms with Crippen LogP contribution < -0.4 is 4.74 Å². The number of carbonyl (C=O) groups excluding carboxylic acids is 1. The molecule has 2 rings (SSSR count). The van der Waals surface area contributed by atoms with Gasteiger partial charge in [0.1, 0.15) is 5.78 Å². The summed E-state index contributed by atoms with van der Waals surface area (Å²) in [5.41, 5.74) is 0.951. The summed E-state index contributed by atoms with van der Waals surface area (Å²) in [6.45, 7) is 5.47. The molecule has 6 nitrogen and oxygen atoms in total. The zero-order valence-electron chi connectivity index (χ0n) is 12.7. The predicted molar refractivity (Wildman–Crippen MR) is 76.2 cm³/mol. The molecular formula is C15H19N3O3. The molecule has 0 radical (unpaired) electrons. The molecule has 0 aliphatic heterocycles. The Morgan fingerprint density at radius 3 is 2.67 bits per heavy atom. The maximum Gasteiger partial charge on any atom is 0.237 e. The number of pyridine rings is 1. The average Bonchev–Trinajstić information content (AvgIpc) is 2.87. The topological polar surface area (TPSA) is 78.1 Å². The van der Waals surface area contributed by atoms with E-state index in [2.05, 4.69) is 15.1 Å². The van der Waals surface area contributed by atoms with Crippen molar-refractivity contribution in [2.45, 2.75) is 33.1 Å². The van der Waals surface area contributed by atoms with Gasteiger partial charge in [0.05, 0.1) is 13.0 Å². The molecule has 21 heavy (non-hydrogen) atoms. The Bertz CT molecular complexity index is 605. The van der Waals surface area contributed by atoms with Gasteiger partial charge in [-0.1, -0.05) is 25.1 Å². The second-order valence-corrected chi connectivity index (χ2v) is 5.27. The van der Waals surface area contributed by atoms with E-state index in [1.54, 1.807) is 26.3 Å². The summed E-state index contributed by atoms with van der Waals surface area (Å²) < 4.78 is 10.2. The van der Waals surface area contributed by atoms with Crippen molar-refractivity contribution >= 4 is 5.78 Å². The van der Waals surface area contributed by atoms with Crippen LogP contribution in [0.2, 0.25) is 0 Å². The van der Waals surface area contributed by atoms with Crippen LogP contribution in [0.15, 0.2) is 22.9 Å². The van der Waals surface area contributed by atoms with Crippen molar-refractivity contribution in [3.8, 4) is 5.88 Å². The molecule has 2 aromatic rings. The number of ether oxygens (including phenoxy) is 1. The fraction of sp³-hybridized carbons (Fsp3) is 0.467. The Labute approximate surface area is 123 Å².